The van der Waals surface area contributed by atoms with E-state index in [2.05, 4.69) is 15.6 Å². The van der Waals surface area contributed by atoms with Crippen molar-refractivity contribution in [2.45, 2.75) is 19.6 Å². The van der Waals surface area contributed by atoms with Crippen molar-refractivity contribution in [1.29, 1.82) is 0 Å². The molecule has 7 heteroatoms. The first-order chi connectivity index (χ1) is 11.2. The molecule has 0 aliphatic rings. The summed E-state index contributed by atoms with van der Waals surface area (Å²) in [5, 5.41) is 7.18. The number of benzene rings is 1. The van der Waals surface area contributed by atoms with Gasteiger partial charge in [0, 0.05) is 25.2 Å². The zero-order valence-electron chi connectivity index (χ0n) is 13.8. The number of aliphatic imine (C=N–C) groups is 1. The molecule has 1 atom stereocenters. The molecule has 5 nitrogen and oxygen atoms in total. The van der Waals surface area contributed by atoms with E-state index < -0.39 is 0 Å². The van der Waals surface area contributed by atoms with Gasteiger partial charge >= 0.3 is 0 Å². The quantitative estimate of drug-likeness (QED) is 0.370. The molecule has 0 radical (unpaired) electrons. The van der Waals surface area contributed by atoms with Gasteiger partial charge < -0.3 is 19.8 Å². The predicted octanol–water partition coefficient (Wildman–Crippen LogP) is 3.99. The molecule has 0 amide bonds. The molecular weight excluding hydrogens is 441 g/mol. The first-order valence-corrected chi connectivity index (χ1v) is 7.93. The molecule has 0 saturated heterocycles. The number of furan rings is 1. The van der Waals surface area contributed by atoms with Crippen LogP contribution in [0.1, 0.15) is 24.4 Å². The van der Waals surface area contributed by atoms with Gasteiger partial charge in [0.05, 0.1) is 12.4 Å². The van der Waals surface area contributed by atoms with Crippen LogP contribution in [-0.4, -0.2) is 26.2 Å². The van der Waals surface area contributed by atoms with Crippen LogP contribution in [0.15, 0.2) is 52.1 Å². The van der Waals surface area contributed by atoms with Crippen molar-refractivity contribution in [1.82, 2.24) is 10.6 Å². The van der Waals surface area contributed by atoms with Crippen molar-refractivity contribution in [3.8, 4) is 0 Å². The topological polar surface area (TPSA) is 58.8 Å². The fraction of sp³-hybridized carbons (Fsp3) is 0.353. The summed E-state index contributed by atoms with van der Waals surface area (Å²) >= 11 is 6.04. The van der Waals surface area contributed by atoms with Crippen LogP contribution in [0.3, 0.4) is 0 Å². The average molecular weight is 464 g/mol. The van der Waals surface area contributed by atoms with Gasteiger partial charge in [-0.3, -0.25) is 0 Å². The highest BCUT2D eigenvalue weighted by Gasteiger charge is 2.11. The first-order valence-electron chi connectivity index (χ1n) is 7.55. The van der Waals surface area contributed by atoms with E-state index >= 15 is 0 Å². The molecule has 1 heterocycles. The number of hydrogen-bond acceptors (Lipinski definition) is 3. The highest BCUT2D eigenvalue weighted by molar-refractivity contribution is 14.0. The Morgan fingerprint density at radius 1 is 1.29 bits per heavy atom. The Morgan fingerprint density at radius 2 is 2.12 bits per heavy atom. The molecule has 2 aromatic rings. The zero-order chi connectivity index (χ0) is 16.5. The third kappa shape index (κ3) is 6.70. The van der Waals surface area contributed by atoms with Gasteiger partial charge in [0.2, 0.25) is 0 Å². The van der Waals surface area contributed by atoms with Crippen LogP contribution in [0.25, 0.3) is 0 Å². The Bertz CT molecular complexity index is 620. The summed E-state index contributed by atoms with van der Waals surface area (Å²) in [6.07, 6.45) is 1.53. The van der Waals surface area contributed by atoms with E-state index in [1.54, 1.807) is 13.4 Å². The van der Waals surface area contributed by atoms with E-state index in [0.29, 0.717) is 24.1 Å². The minimum Gasteiger partial charge on any atom is -0.467 e. The molecule has 0 spiro atoms. The third-order valence-corrected chi connectivity index (χ3v) is 3.51. The molecule has 24 heavy (non-hydrogen) atoms. The maximum atomic E-state index is 6.04. The largest absolute Gasteiger partial charge is 0.467 e. The number of nitrogens with zero attached hydrogens (tertiary/aromatic N) is 1. The monoisotopic (exact) mass is 463 g/mol. The smallest absolute Gasteiger partial charge is 0.191 e. The van der Waals surface area contributed by atoms with Gasteiger partial charge in [-0.2, -0.15) is 0 Å². The van der Waals surface area contributed by atoms with E-state index in [1.165, 1.54) is 0 Å². The van der Waals surface area contributed by atoms with Crippen LogP contribution in [0.4, 0.5) is 0 Å². The van der Waals surface area contributed by atoms with E-state index in [9.17, 15) is 0 Å². The first kappa shape index (κ1) is 20.8. The number of guanidine groups is 1. The molecule has 0 bridgehead atoms. The summed E-state index contributed by atoms with van der Waals surface area (Å²) in [6, 6.07) is 11.4. The third-order valence-electron chi connectivity index (χ3n) is 3.28. The standard InChI is InChI=1S/C17H22ClN3O2.HI/c1-3-19-17(20-11-15-8-5-9-23-15)21-12-16(22-2)13-6-4-7-14(18)10-13;/h4-10,16H,3,11-12H2,1-2H3,(H2,19,20,21);1H. The summed E-state index contributed by atoms with van der Waals surface area (Å²) < 4.78 is 10.8. The summed E-state index contributed by atoms with van der Waals surface area (Å²) in [5.41, 5.74) is 1.02. The Hall–Kier alpha value is -1.25. The van der Waals surface area contributed by atoms with Crippen LogP contribution >= 0.6 is 35.6 Å². The minimum atomic E-state index is -0.110. The number of halogens is 2. The second-order valence-electron chi connectivity index (χ2n) is 4.93. The van der Waals surface area contributed by atoms with E-state index in [-0.39, 0.29) is 30.1 Å². The summed E-state index contributed by atoms with van der Waals surface area (Å²) in [7, 11) is 1.68. The summed E-state index contributed by atoms with van der Waals surface area (Å²) in [5.74, 6) is 1.54. The second kappa shape index (κ2) is 11.3. The Balaban J connectivity index is 0.00000288. The highest BCUT2D eigenvalue weighted by Crippen LogP contribution is 2.19. The molecule has 2 N–H and O–H groups in total. The lowest BCUT2D eigenvalue weighted by Crippen LogP contribution is -2.39. The molecule has 0 aliphatic heterocycles. The summed E-state index contributed by atoms with van der Waals surface area (Å²) in [4.78, 5) is 4.49. The SMILES string of the molecule is CCNC(=NCc1ccco1)NCC(OC)c1cccc(Cl)c1.I. The molecule has 0 saturated carbocycles. The summed E-state index contributed by atoms with van der Waals surface area (Å²) in [6.45, 7) is 3.87. The van der Waals surface area contributed by atoms with Gasteiger partial charge in [-0.05, 0) is 36.8 Å². The highest BCUT2D eigenvalue weighted by atomic mass is 127. The molecule has 132 valence electrons. The molecule has 1 unspecified atom stereocenters. The van der Waals surface area contributed by atoms with E-state index in [4.69, 9.17) is 20.8 Å². The lowest BCUT2D eigenvalue weighted by molar-refractivity contribution is 0.106. The fourth-order valence-corrected chi connectivity index (χ4v) is 2.33. The van der Waals surface area contributed by atoms with Gasteiger partial charge in [-0.15, -0.1) is 24.0 Å². The van der Waals surface area contributed by atoms with Gasteiger partial charge in [-0.1, -0.05) is 23.7 Å². The van der Waals surface area contributed by atoms with Gasteiger partial charge in [0.25, 0.3) is 0 Å². The Morgan fingerprint density at radius 3 is 2.75 bits per heavy atom. The van der Waals surface area contributed by atoms with Crippen LogP contribution in [-0.2, 0) is 11.3 Å². The Labute approximate surface area is 164 Å². The van der Waals surface area contributed by atoms with Gasteiger partial charge in [0.15, 0.2) is 5.96 Å². The van der Waals surface area contributed by atoms with Crippen molar-refractivity contribution in [2.75, 3.05) is 20.2 Å². The molecule has 0 aliphatic carbocycles. The average Bonchev–Trinajstić information content (AvgIpc) is 3.06. The number of methoxy groups -OCH3 is 1. The van der Waals surface area contributed by atoms with Crippen molar-refractivity contribution in [2.24, 2.45) is 4.99 Å². The lowest BCUT2D eigenvalue weighted by atomic mass is 10.1. The number of nitrogens with one attached hydrogen (secondary N) is 2. The maximum Gasteiger partial charge on any atom is 0.191 e. The van der Waals surface area contributed by atoms with Crippen molar-refractivity contribution in [3.05, 3.63) is 59.0 Å². The minimum absolute atomic E-state index is 0. The van der Waals surface area contributed by atoms with Crippen LogP contribution in [0.5, 0.6) is 0 Å². The molecule has 2 rings (SSSR count). The number of rotatable bonds is 7. The predicted molar refractivity (Wildman–Crippen MR) is 108 cm³/mol. The van der Waals surface area contributed by atoms with Crippen molar-refractivity contribution in [3.63, 3.8) is 0 Å². The van der Waals surface area contributed by atoms with Crippen molar-refractivity contribution < 1.29 is 9.15 Å². The lowest BCUT2D eigenvalue weighted by Gasteiger charge is -2.18. The fourth-order valence-electron chi connectivity index (χ4n) is 2.13. The number of ether oxygens (including phenoxy) is 1. The van der Waals surface area contributed by atoms with E-state index in [1.807, 2.05) is 43.3 Å². The molecule has 1 aromatic carbocycles. The Kier molecular flexibility index (Phi) is 9.82. The number of hydrogen-bond donors (Lipinski definition) is 2. The van der Waals surface area contributed by atoms with Crippen LogP contribution in [0.2, 0.25) is 5.02 Å². The zero-order valence-corrected chi connectivity index (χ0v) is 16.9. The van der Waals surface area contributed by atoms with Gasteiger partial charge in [0.1, 0.15) is 12.3 Å². The maximum absolute atomic E-state index is 6.04. The van der Waals surface area contributed by atoms with E-state index in [0.717, 1.165) is 17.9 Å². The van der Waals surface area contributed by atoms with Crippen LogP contribution in [0, 0.1) is 0 Å². The van der Waals surface area contributed by atoms with Gasteiger partial charge in [-0.25, -0.2) is 4.99 Å². The molecule has 0 fully saturated rings. The van der Waals surface area contributed by atoms with Crippen LogP contribution < -0.4 is 10.6 Å². The molecular formula is C17H23ClIN3O2. The normalized spacial score (nSPS) is 12.4. The van der Waals surface area contributed by atoms with Crippen molar-refractivity contribution >= 4 is 41.5 Å². The molecule has 1 aromatic heterocycles. The second-order valence-corrected chi connectivity index (χ2v) is 5.37.